The Labute approximate surface area is 126 Å². The highest BCUT2D eigenvalue weighted by molar-refractivity contribution is 7.90. The van der Waals surface area contributed by atoms with Gasteiger partial charge in [0.2, 0.25) is 0 Å². The number of benzene rings is 1. The van der Waals surface area contributed by atoms with Gasteiger partial charge in [-0.15, -0.1) is 0 Å². The van der Waals surface area contributed by atoms with Gasteiger partial charge in [-0.2, -0.15) is 12.7 Å². The fourth-order valence-corrected chi connectivity index (χ4v) is 4.39. The molecule has 1 aliphatic carbocycles. The van der Waals surface area contributed by atoms with Crippen molar-refractivity contribution < 1.29 is 13.2 Å². The summed E-state index contributed by atoms with van der Waals surface area (Å²) in [7, 11) is -1.82. The molecule has 0 bridgehead atoms. The van der Waals surface area contributed by atoms with Gasteiger partial charge in [-0.3, -0.25) is 4.31 Å². The quantitative estimate of drug-likeness (QED) is 0.856. The zero-order valence-corrected chi connectivity index (χ0v) is 13.6. The first-order chi connectivity index (χ1) is 9.91. The van der Waals surface area contributed by atoms with Gasteiger partial charge in [0.05, 0.1) is 12.2 Å². The molecule has 1 saturated carbocycles. The van der Waals surface area contributed by atoms with Crippen LogP contribution in [-0.2, 0) is 10.2 Å². The molecule has 0 aromatic heterocycles. The van der Waals surface area contributed by atoms with Gasteiger partial charge in [0.1, 0.15) is 12.4 Å². The SMILES string of the molecule is Cc1ccc2c(c1)OCCN2S(=O)(=O)N(C)C(C)C1CC1. The number of nitrogens with zero attached hydrogens (tertiary/aromatic N) is 2. The molecular formula is C15H22N2O3S. The first-order valence-corrected chi connectivity index (χ1v) is 8.80. The van der Waals surface area contributed by atoms with Gasteiger partial charge in [-0.25, -0.2) is 0 Å². The molecule has 0 N–H and O–H groups in total. The highest BCUT2D eigenvalue weighted by Gasteiger charge is 2.39. The summed E-state index contributed by atoms with van der Waals surface area (Å²) in [5.74, 6) is 1.15. The topological polar surface area (TPSA) is 49.9 Å². The zero-order valence-electron chi connectivity index (χ0n) is 12.7. The van der Waals surface area contributed by atoms with Gasteiger partial charge < -0.3 is 4.74 Å². The van der Waals surface area contributed by atoms with Crippen LogP contribution < -0.4 is 9.04 Å². The molecule has 1 fully saturated rings. The fourth-order valence-electron chi connectivity index (χ4n) is 2.78. The van der Waals surface area contributed by atoms with Crippen LogP contribution in [0.25, 0.3) is 0 Å². The van der Waals surface area contributed by atoms with Crippen LogP contribution in [0.5, 0.6) is 5.75 Å². The predicted octanol–water partition coefficient (Wildman–Crippen LogP) is 2.17. The van der Waals surface area contributed by atoms with E-state index in [4.69, 9.17) is 4.74 Å². The molecule has 0 spiro atoms. The molecule has 0 amide bonds. The summed E-state index contributed by atoms with van der Waals surface area (Å²) in [5, 5.41) is 0. The second kappa shape index (κ2) is 5.18. The lowest BCUT2D eigenvalue weighted by Crippen LogP contribution is -2.49. The Bertz CT molecular complexity index is 640. The Kier molecular flexibility index (Phi) is 3.61. The number of fused-ring (bicyclic) bond motifs is 1. The summed E-state index contributed by atoms with van der Waals surface area (Å²) in [5.41, 5.74) is 1.70. The number of hydrogen-bond acceptors (Lipinski definition) is 3. The van der Waals surface area contributed by atoms with Crippen molar-refractivity contribution in [3.63, 3.8) is 0 Å². The molecule has 0 saturated heterocycles. The molecule has 1 atom stereocenters. The van der Waals surface area contributed by atoms with Gasteiger partial charge in [0.25, 0.3) is 0 Å². The van der Waals surface area contributed by atoms with Crippen LogP contribution in [0.1, 0.15) is 25.3 Å². The number of aryl methyl sites for hydroxylation is 1. The summed E-state index contributed by atoms with van der Waals surface area (Å²) in [4.78, 5) is 0. The Morgan fingerprint density at radius 2 is 2.10 bits per heavy atom. The Morgan fingerprint density at radius 3 is 2.76 bits per heavy atom. The van der Waals surface area contributed by atoms with Crippen molar-refractivity contribution in [2.45, 2.75) is 32.7 Å². The van der Waals surface area contributed by atoms with Gasteiger partial charge in [-0.05, 0) is 50.3 Å². The third kappa shape index (κ3) is 2.62. The van der Waals surface area contributed by atoms with E-state index < -0.39 is 10.2 Å². The molecular weight excluding hydrogens is 288 g/mol. The highest BCUT2D eigenvalue weighted by Crippen LogP contribution is 2.38. The van der Waals surface area contributed by atoms with Gasteiger partial charge in [-0.1, -0.05) is 6.07 Å². The molecule has 1 aliphatic heterocycles. The van der Waals surface area contributed by atoms with Crippen molar-refractivity contribution in [3.05, 3.63) is 23.8 Å². The van der Waals surface area contributed by atoms with E-state index in [1.165, 1.54) is 8.61 Å². The van der Waals surface area contributed by atoms with E-state index in [1.54, 1.807) is 7.05 Å². The van der Waals surface area contributed by atoms with E-state index in [1.807, 2.05) is 32.0 Å². The van der Waals surface area contributed by atoms with Crippen LogP contribution in [0.4, 0.5) is 5.69 Å². The van der Waals surface area contributed by atoms with E-state index >= 15 is 0 Å². The fraction of sp³-hybridized carbons (Fsp3) is 0.600. The average Bonchev–Trinajstić information content (AvgIpc) is 3.29. The normalized spacial score (nSPS) is 20.1. The third-order valence-corrected chi connectivity index (χ3v) is 6.45. The monoisotopic (exact) mass is 310 g/mol. The van der Waals surface area contributed by atoms with Crippen LogP contribution in [0.3, 0.4) is 0 Å². The molecule has 1 unspecified atom stereocenters. The standard InChI is InChI=1S/C15H22N2O3S/c1-11-4-7-14-15(10-11)20-9-8-17(14)21(18,19)16(3)12(2)13-5-6-13/h4,7,10,12-13H,5-6,8-9H2,1-3H3. The van der Waals surface area contributed by atoms with E-state index in [-0.39, 0.29) is 6.04 Å². The van der Waals surface area contributed by atoms with Crippen molar-refractivity contribution >= 4 is 15.9 Å². The van der Waals surface area contributed by atoms with E-state index in [0.717, 1.165) is 18.4 Å². The average molecular weight is 310 g/mol. The maximum Gasteiger partial charge on any atom is 0.304 e. The predicted molar refractivity (Wildman–Crippen MR) is 82.9 cm³/mol. The van der Waals surface area contributed by atoms with Crippen molar-refractivity contribution in [2.75, 3.05) is 24.5 Å². The van der Waals surface area contributed by atoms with Crippen LogP contribution in [0.15, 0.2) is 18.2 Å². The molecule has 21 heavy (non-hydrogen) atoms. The lowest BCUT2D eigenvalue weighted by atomic mass is 10.2. The summed E-state index contributed by atoms with van der Waals surface area (Å²) < 4.78 is 34.4. The first kappa shape index (κ1) is 14.7. The minimum atomic E-state index is -3.51. The van der Waals surface area contributed by atoms with Crippen molar-refractivity contribution in [1.29, 1.82) is 0 Å². The molecule has 1 heterocycles. The molecule has 3 rings (SSSR count). The maximum absolute atomic E-state index is 12.9. The van der Waals surface area contributed by atoms with Crippen molar-refractivity contribution in [2.24, 2.45) is 5.92 Å². The summed E-state index contributed by atoms with van der Waals surface area (Å²) >= 11 is 0. The minimum Gasteiger partial charge on any atom is -0.489 e. The smallest absolute Gasteiger partial charge is 0.304 e. The van der Waals surface area contributed by atoms with Crippen LogP contribution in [-0.4, -0.2) is 39.0 Å². The molecule has 5 nitrogen and oxygen atoms in total. The van der Waals surface area contributed by atoms with Crippen LogP contribution in [0.2, 0.25) is 0 Å². The maximum atomic E-state index is 12.9. The second-order valence-corrected chi connectivity index (χ2v) is 7.91. The van der Waals surface area contributed by atoms with Crippen molar-refractivity contribution in [1.82, 2.24) is 4.31 Å². The lowest BCUT2D eigenvalue weighted by molar-refractivity contribution is 0.309. The Balaban J connectivity index is 1.93. The molecule has 1 aromatic rings. The molecule has 1 aromatic carbocycles. The first-order valence-electron chi connectivity index (χ1n) is 7.40. The number of anilines is 1. The molecule has 2 aliphatic rings. The summed E-state index contributed by atoms with van der Waals surface area (Å²) in [6, 6.07) is 5.69. The minimum absolute atomic E-state index is 0.0479. The molecule has 116 valence electrons. The van der Waals surface area contributed by atoms with Crippen LogP contribution >= 0.6 is 0 Å². The zero-order chi connectivity index (χ0) is 15.2. The number of ether oxygens (including phenoxy) is 1. The highest BCUT2D eigenvalue weighted by atomic mass is 32.2. The van der Waals surface area contributed by atoms with E-state index in [0.29, 0.717) is 30.5 Å². The molecule has 0 radical (unpaired) electrons. The number of rotatable bonds is 4. The second-order valence-electron chi connectivity index (χ2n) is 5.99. The van der Waals surface area contributed by atoms with Gasteiger partial charge >= 0.3 is 10.2 Å². The number of hydrogen-bond donors (Lipinski definition) is 0. The van der Waals surface area contributed by atoms with Crippen LogP contribution in [0, 0.1) is 12.8 Å². The lowest BCUT2D eigenvalue weighted by Gasteiger charge is -2.35. The van der Waals surface area contributed by atoms with E-state index in [9.17, 15) is 8.42 Å². The van der Waals surface area contributed by atoms with E-state index in [2.05, 4.69) is 0 Å². The summed E-state index contributed by atoms with van der Waals surface area (Å²) in [6.07, 6.45) is 2.25. The Morgan fingerprint density at radius 1 is 1.38 bits per heavy atom. The van der Waals surface area contributed by atoms with Gasteiger partial charge in [0.15, 0.2) is 0 Å². The largest absolute Gasteiger partial charge is 0.489 e. The summed E-state index contributed by atoms with van der Waals surface area (Å²) in [6.45, 7) is 4.71. The van der Waals surface area contributed by atoms with Crippen molar-refractivity contribution in [3.8, 4) is 5.75 Å². The molecule has 6 heteroatoms. The third-order valence-electron chi connectivity index (χ3n) is 4.46. The van der Waals surface area contributed by atoms with Gasteiger partial charge in [0, 0.05) is 13.1 Å². The Hall–Kier alpha value is -1.27.